The molecule has 4 N–H and O–H groups in total. The van der Waals surface area contributed by atoms with Crippen LogP contribution in [0, 0.1) is 5.92 Å². The van der Waals surface area contributed by atoms with Gasteiger partial charge in [-0.15, -0.1) is 0 Å². The van der Waals surface area contributed by atoms with E-state index in [1.54, 1.807) is 0 Å². The second-order valence-corrected chi connectivity index (χ2v) is 5.08. The molecule has 0 saturated carbocycles. The molecule has 1 atom stereocenters. The van der Waals surface area contributed by atoms with Crippen molar-refractivity contribution in [1.29, 1.82) is 0 Å². The fourth-order valence-electron chi connectivity index (χ4n) is 2.31. The maximum Gasteiger partial charge on any atom is 0.312 e. The van der Waals surface area contributed by atoms with Crippen LogP contribution in [0.4, 0.5) is 4.79 Å². The number of nitrogens with two attached hydrogens (primary N) is 1. The Morgan fingerprint density at radius 3 is 2.33 bits per heavy atom. The molecule has 0 radical (unpaired) electrons. The summed E-state index contributed by atoms with van der Waals surface area (Å²) in [5, 5.41) is 5.13. The monoisotopic (exact) mass is 256 g/mol. The highest BCUT2D eigenvalue weighted by molar-refractivity contribution is 5.83. The van der Waals surface area contributed by atoms with Crippen LogP contribution in [0.3, 0.4) is 0 Å². The zero-order valence-electron chi connectivity index (χ0n) is 11.2. The Morgan fingerprint density at radius 2 is 1.83 bits per heavy atom. The van der Waals surface area contributed by atoms with E-state index < -0.39 is 6.03 Å². The van der Waals surface area contributed by atoms with E-state index >= 15 is 0 Å². The number of primary amides is 1. The van der Waals surface area contributed by atoms with Crippen LogP contribution < -0.4 is 16.4 Å². The lowest BCUT2D eigenvalue weighted by Crippen LogP contribution is -2.48. The SMILES string of the molecule is CC(C)[C@H](CNC(=O)CNC(N)=O)N1CCCC1. The van der Waals surface area contributed by atoms with E-state index in [0.29, 0.717) is 18.5 Å². The van der Waals surface area contributed by atoms with E-state index in [1.165, 1.54) is 12.8 Å². The third-order valence-electron chi connectivity index (χ3n) is 3.31. The first-order valence-corrected chi connectivity index (χ1v) is 6.54. The molecule has 6 nitrogen and oxygen atoms in total. The zero-order valence-corrected chi connectivity index (χ0v) is 11.2. The van der Waals surface area contributed by atoms with Crippen molar-refractivity contribution < 1.29 is 9.59 Å². The molecule has 6 heteroatoms. The normalized spacial score (nSPS) is 17.7. The summed E-state index contributed by atoms with van der Waals surface area (Å²) >= 11 is 0. The Labute approximate surface area is 108 Å². The third kappa shape index (κ3) is 4.91. The van der Waals surface area contributed by atoms with E-state index in [4.69, 9.17) is 5.73 Å². The van der Waals surface area contributed by atoms with Crippen molar-refractivity contribution in [2.75, 3.05) is 26.2 Å². The fourth-order valence-corrected chi connectivity index (χ4v) is 2.31. The van der Waals surface area contributed by atoms with Gasteiger partial charge in [-0.3, -0.25) is 9.69 Å². The molecule has 1 rings (SSSR count). The summed E-state index contributed by atoms with van der Waals surface area (Å²) in [6, 6.07) is -0.310. The molecule has 3 amide bonds. The molecule has 104 valence electrons. The van der Waals surface area contributed by atoms with Crippen molar-refractivity contribution in [3.8, 4) is 0 Å². The average Bonchev–Trinajstić information content (AvgIpc) is 2.79. The van der Waals surface area contributed by atoms with Gasteiger partial charge in [0.1, 0.15) is 0 Å². The summed E-state index contributed by atoms with van der Waals surface area (Å²) in [5.74, 6) is 0.297. The highest BCUT2D eigenvalue weighted by atomic mass is 16.2. The number of hydrogen-bond acceptors (Lipinski definition) is 3. The molecule has 0 aromatic carbocycles. The summed E-state index contributed by atoms with van der Waals surface area (Å²) < 4.78 is 0. The lowest BCUT2D eigenvalue weighted by Gasteiger charge is -2.31. The van der Waals surface area contributed by atoms with E-state index in [9.17, 15) is 9.59 Å². The Hall–Kier alpha value is -1.30. The molecule has 0 bridgehead atoms. The van der Waals surface area contributed by atoms with Crippen LogP contribution in [0.2, 0.25) is 0 Å². The molecule has 0 aromatic rings. The Kier molecular flexibility index (Phi) is 5.91. The first-order chi connectivity index (χ1) is 8.50. The quantitative estimate of drug-likeness (QED) is 0.619. The number of amides is 3. The minimum atomic E-state index is -0.676. The number of urea groups is 1. The van der Waals surface area contributed by atoms with E-state index in [1.807, 2.05) is 0 Å². The van der Waals surface area contributed by atoms with E-state index in [2.05, 4.69) is 29.4 Å². The summed E-state index contributed by atoms with van der Waals surface area (Å²) in [5.41, 5.74) is 4.91. The first-order valence-electron chi connectivity index (χ1n) is 6.54. The van der Waals surface area contributed by atoms with Gasteiger partial charge >= 0.3 is 6.03 Å². The minimum Gasteiger partial charge on any atom is -0.353 e. The van der Waals surface area contributed by atoms with Gasteiger partial charge in [0, 0.05) is 12.6 Å². The lowest BCUT2D eigenvalue weighted by molar-refractivity contribution is -0.120. The van der Waals surface area contributed by atoms with Crippen LogP contribution >= 0.6 is 0 Å². The van der Waals surface area contributed by atoms with Crippen LogP contribution in [-0.4, -0.2) is 49.1 Å². The van der Waals surface area contributed by atoms with Gasteiger partial charge in [-0.1, -0.05) is 13.8 Å². The zero-order chi connectivity index (χ0) is 13.5. The molecular weight excluding hydrogens is 232 g/mol. The second kappa shape index (κ2) is 7.20. The van der Waals surface area contributed by atoms with Crippen molar-refractivity contribution in [3.05, 3.63) is 0 Å². The van der Waals surface area contributed by atoms with Crippen LogP contribution in [0.25, 0.3) is 0 Å². The van der Waals surface area contributed by atoms with E-state index in [-0.39, 0.29) is 12.5 Å². The molecule has 0 aromatic heterocycles. The van der Waals surface area contributed by atoms with Gasteiger partial charge < -0.3 is 16.4 Å². The molecular formula is C12H24N4O2. The third-order valence-corrected chi connectivity index (χ3v) is 3.31. The molecule has 1 aliphatic heterocycles. The summed E-state index contributed by atoms with van der Waals surface area (Å²) in [6.07, 6.45) is 2.47. The van der Waals surface area contributed by atoms with Gasteiger partial charge in [0.25, 0.3) is 0 Å². The Bertz CT molecular complexity index is 288. The van der Waals surface area contributed by atoms with Crippen molar-refractivity contribution in [2.24, 2.45) is 11.7 Å². The lowest BCUT2D eigenvalue weighted by atomic mass is 10.0. The number of hydrogen-bond donors (Lipinski definition) is 3. The van der Waals surface area contributed by atoms with Crippen molar-refractivity contribution in [2.45, 2.75) is 32.7 Å². The van der Waals surface area contributed by atoms with Crippen molar-refractivity contribution in [1.82, 2.24) is 15.5 Å². The number of likely N-dealkylation sites (tertiary alicyclic amines) is 1. The number of nitrogens with zero attached hydrogens (tertiary/aromatic N) is 1. The first kappa shape index (κ1) is 14.8. The van der Waals surface area contributed by atoms with Gasteiger partial charge in [0.15, 0.2) is 0 Å². The molecule has 1 fully saturated rings. The smallest absolute Gasteiger partial charge is 0.312 e. The van der Waals surface area contributed by atoms with Crippen LogP contribution in [0.15, 0.2) is 0 Å². The van der Waals surface area contributed by atoms with Crippen LogP contribution in [0.5, 0.6) is 0 Å². The topological polar surface area (TPSA) is 87.5 Å². The predicted octanol–water partition coefficient (Wildman–Crippen LogP) is -0.109. The number of carbonyl (C=O) groups is 2. The number of carbonyl (C=O) groups excluding carboxylic acids is 2. The van der Waals surface area contributed by atoms with E-state index in [0.717, 1.165) is 13.1 Å². The predicted molar refractivity (Wildman–Crippen MR) is 70.0 cm³/mol. The molecule has 18 heavy (non-hydrogen) atoms. The maximum atomic E-state index is 11.5. The highest BCUT2D eigenvalue weighted by Crippen LogP contribution is 2.16. The van der Waals surface area contributed by atoms with Gasteiger partial charge in [0.2, 0.25) is 5.91 Å². The summed E-state index contributed by atoms with van der Waals surface area (Å²) in [4.78, 5) is 24.4. The minimum absolute atomic E-state index is 0.0554. The van der Waals surface area contributed by atoms with Crippen LogP contribution in [-0.2, 0) is 4.79 Å². The second-order valence-electron chi connectivity index (χ2n) is 5.08. The van der Waals surface area contributed by atoms with Crippen molar-refractivity contribution >= 4 is 11.9 Å². The molecule has 1 saturated heterocycles. The molecule has 1 heterocycles. The van der Waals surface area contributed by atoms with Crippen LogP contribution in [0.1, 0.15) is 26.7 Å². The summed E-state index contributed by atoms with van der Waals surface area (Å²) in [7, 11) is 0. The average molecular weight is 256 g/mol. The van der Waals surface area contributed by atoms with Gasteiger partial charge in [-0.25, -0.2) is 4.79 Å². The van der Waals surface area contributed by atoms with Gasteiger partial charge in [-0.05, 0) is 31.8 Å². The largest absolute Gasteiger partial charge is 0.353 e. The van der Waals surface area contributed by atoms with Gasteiger partial charge in [-0.2, -0.15) is 0 Å². The molecule has 1 aliphatic rings. The van der Waals surface area contributed by atoms with Crippen molar-refractivity contribution in [3.63, 3.8) is 0 Å². The highest BCUT2D eigenvalue weighted by Gasteiger charge is 2.24. The number of rotatable bonds is 6. The molecule has 0 aliphatic carbocycles. The maximum absolute atomic E-state index is 11.5. The Morgan fingerprint density at radius 1 is 1.22 bits per heavy atom. The fraction of sp³-hybridized carbons (Fsp3) is 0.833. The van der Waals surface area contributed by atoms with Gasteiger partial charge in [0.05, 0.1) is 6.54 Å². The molecule has 0 spiro atoms. The summed E-state index contributed by atoms with van der Waals surface area (Å²) in [6.45, 7) is 7.11. The molecule has 0 unspecified atom stereocenters. The Balaban J connectivity index is 2.33. The number of nitrogens with one attached hydrogen (secondary N) is 2. The standard InChI is InChI=1S/C12H24N4O2/c1-9(2)10(16-5-3-4-6-16)7-14-11(17)8-15-12(13)18/h9-10H,3-8H2,1-2H3,(H,14,17)(H3,13,15,18)/t10-/m0/s1.